The molecular formula is C14H19NO3. The molecule has 1 aromatic rings. The van der Waals surface area contributed by atoms with Gasteiger partial charge in [-0.05, 0) is 12.0 Å². The molecule has 0 radical (unpaired) electrons. The topological polar surface area (TPSA) is 46.6 Å². The van der Waals surface area contributed by atoms with E-state index in [1.54, 1.807) is 0 Å². The van der Waals surface area contributed by atoms with Crippen LogP contribution in [0.25, 0.3) is 0 Å². The molecule has 0 N–H and O–H groups in total. The molecule has 0 aliphatic heterocycles. The summed E-state index contributed by atoms with van der Waals surface area (Å²) in [7, 11) is 1.33. The van der Waals surface area contributed by atoms with E-state index in [1.165, 1.54) is 12.0 Å². The van der Waals surface area contributed by atoms with E-state index in [1.807, 2.05) is 37.3 Å². The van der Waals surface area contributed by atoms with Crippen molar-refractivity contribution < 1.29 is 14.3 Å². The number of nitrogens with zero attached hydrogens (tertiary/aromatic N) is 1. The minimum absolute atomic E-state index is 0.00419. The van der Waals surface area contributed by atoms with Crippen LogP contribution in [-0.2, 0) is 20.9 Å². The van der Waals surface area contributed by atoms with Crippen LogP contribution in [0.4, 0.5) is 0 Å². The predicted molar refractivity (Wildman–Crippen MR) is 68.8 cm³/mol. The zero-order chi connectivity index (χ0) is 13.4. The summed E-state index contributed by atoms with van der Waals surface area (Å²) >= 11 is 0. The molecule has 4 heteroatoms. The van der Waals surface area contributed by atoms with Crippen molar-refractivity contribution in [1.82, 2.24) is 4.90 Å². The zero-order valence-electron chi connectivity index (χ0n) is 10.9. The monoisotopic (exact) mass is 249 g/mol. The fraction of sp³-hybridized carbons (Fsp3) is 0.429. The average Bonchev–Trinajstić information content (AvgIpc) is 2.39. The normalized spacial score (nSPS) is 9.89. The highest BCUT2D eigenvalue weighted by Crippen LogP contribution is 2.07. The third-order valence-corrected chi connectivity index (χ3v) is 2.58. The first-order chi connectivity index (χ1) is 8.67. The maximum Gasteiger partial charge on any atom is 0.325 e. The molecule has 0 unspecified atom stereocenters. The SMILES string of the molecule is CCCC(=O)N(CC(=O)OC)Cc1ccccc1. The first-order valence-corrected chi connectivity index (χ1v) is 6.06. The van der Waals surface area contributed by atoms with E-state index >= 15 is 0 Å². The number of rotatable bonds is 6. The number of carbonyl (C=O) groups excluding carboxylic acids is 2. The molecular weight excluding hydrogens is 230 g/mol. The van der Waals surface area contributed by atoms with Gasteiger partial charge >= 0.3 is 5.97 Å². The van der Waals surface area contributed by atoms with Crippen molar-refractivity contribution in [2.45, 2.75) is 26.3 Å². The van der Waals surface area contributed by atoms with Gasteiger partial charge in [0.2, 0.25) is 5.91 Å². The number of benzene rings is 1. The molecule has 0 saturated carbocycles. The molecule has 1 aromatic carbocycles. The Bertz CT molecular complexity index is 389. The van der Waals surface area contributed by atoms with Gasteiger partial charge in [0.05, 0.1) is 7.11 Å². The van der Waals surface area contributed by atoms with E-state index in [0.717, 1.165) is 12.0 Å². The summed E-state index contributed by atoms with van der Waals surface area (Å²) in [6, 6.07) is 9.61. The number of carbonyl (C=O) groups is 2. The summed E-state index contributed by atoms with van der Waals surface area (Å²) in [6.45, 7) is 2.38. The minimum Gasteiger partial charge on any atom is -0.468 e. The highest BCUT2D eigenvalue weighted by atomic mass is 16.5. The number of methoxy groups -OCH3 is 1. The lowest BCUT2D eigenvalue weighted by atomic mass is 10.2. The molecule has 0 bridgehead atoms. The molecule has 0 spiro atoms. The summed E-state index contributed by atoms with van der Waals surface area (Å²) in [4.78, 5) is 24.8. The Kier molecular flexibility index (Phi) is 5.91. The molecule has 98 valence electrons. The van der Waals surface area contributed by atoms with Gasteiger partial charge in [0, 0.05) is 13.0 Å². The molecule has 0 aliphatic carbocycles. The van der Waals surface area contributed by atoms with E-state index < -0.39 is 5.97 Å². The third kappa shape index (κ3) is 4.57. The maximum absolute atomic E-state index is 11.9. The van der Waals surface area contributed by atoms with Gasteiger partial charge in [-0.2, -0.15) is 0 Å². The van der Waals surface area contributed by atoms with Crippen LogP contribution in [0.2, 0.25) is 0 Å². The van der Waals surface area contributed by atoms with Gasteiger partial charge < -0.3 is 9.64 Å². The Morgan fingerprint density at radius 2 is 1.89 bits per heavy atom. The Morgan fingerprint density at radius 3 is 2.44 bits per heavy atom. The average molecular weight is 249 g/mol. The lowest BCUT2D eigenvalue weighted by Gasteiger charge is -2.21. The quantitative estimate of drug-likeness (QED) is 0.724. The van der Waals surface area contributed by atoms with Gasteiger partial charge in [-0.1, -0.05) is 37.3 Å². The van der Waals surface area contributed by atoms with Gasteiger partial charge in [0.15, 0.2) is 0 Å². The van der Waals surface area contributed by atoms with Crippen LogP contribution in [0.3, 0.4) is 0 Å². The molecule has 0 fully saturated rings. The highest BCUT2D eigenvalue weighted by molar-refractivity contribution is 5.81. The molecule has 0 aliphatic rings. The summed E-state index contributed by atoms with van der Waals surface area (Å²) in [5, 5.41) is 0. The largest absolute Gasteiger partial charge is 0.468 e. The molecule has 0 saturated heterocycles. The van der Waals surface area contributed by atoms with Gasteiger partial charge in [-0.25, -0.2) is 0 Å². The van der Waals surface area contributed by atoms with Crippen molar-refractivity contribution >= 4 is 11.9 Å². The molecule has 1 amide bonds. The van der Waals surface area contributed by atoms with Crippen LogP contribution >= 0.6 is 0 Å². The number of ether oxygens (including phenoxy) is 1. The fourth-order valence-electron chi connectivity index (χ4n) is 1.63. The van der Waals surface area contributed by atoms with E-state index in [4.69, 9.17) is 0 Å². The molecule has 4 nitrogen and oxygen atoms in total. The van der Waals surface area contributed by atoms with E-state index in [9.17, 15) is 9.59 Å². The van der Waals surface area contributed by atoms with E-state index in [0.29, 0.717) is 13.0 Å². The fourth-order valence-corrected chi connectivity index (χ4v) is 1.63. The minimum atomic E-state index is -0.393. The van der Waals surface area contributed by atoms with Crippen molar-refractivity contribution in [3.05, 3.63) is 35.9 Å². The Balaban J connectivity index is 2.71. The zero-order valence-corrected chi connectivity index (χ0v) is 10.9. The number of esters is 1. The lowest BCUT2D eigenvalue weighted by molar-refractivity contribution is -0.147. The predicted octanol–water partition coefficient (Wildman–Crippen LogP) is 1.99. The van der Waals surface area contributed by atoms with Crippen molar-refractivity contribution in [2.75, 3.05) is 13.7 Å². The molecule has 0 atom stereocenters. The third-order valence-electron chi connectivity index (χ3n) is 2.58. The van der Waals surface area contributed by atoms with Crippen LogP contribution in [0.15, 0.2) is 30.3 Å². The second-order valence-electron chi connectivity index (χ2n) is 4.06. The summed E-state index contributed by atoms with van der Waals surface area (Å²) in [6.07, 6.45) is 1.22. The molecule has 0 heterocycles. The standard InChI is InChI=1S/C14H19NO3/c1-3-7-13(16)15(11-14(17)18-2)10-12-8-5-4-6-9-12/h4-6,8-9H,3,7,10-11H2,1-2H3. The Labute approximate surface area is 108 Å². The smallest absolute Gasteiger partial charge is 0.325 e. The van der Waals surface area contributed by atoms with Crippen LogP contribution in [0, 0.1) is 0 Å². The van der Waals surface area contributed by atoms with Crippen LogP contribution < -0.4 is 0 Å². The molecule has 1 rings (SSSR count). The number of hydrogen-bond donors (Lipinski definition) is 0. The van der Waals surface area contributed by atoms with Gasteiger partial charge in [0.25, 0.3) is 0 Å². The lowest BCUT2D eigenvalue weighted by Crippen LogP contribution is -2.35. The first kappa shape index (κ1) is 14.2. The van der Waals surface area contributed by atoms with Crippen molar-refractivity contribution in [3.8, 4) is 0 Å². The Morgan fingerprint density at radius 1 is 1.22 bits per heavy atom. The van der Waals surface area contributed by atoms with E-state index in [2.05, 4.69) is 4.74 Å². The van der Waals surface area contributed by atoms with E-state index in [-0.39, 0.29) is 12.5 Å². The van der Waals surface area contributed by atoms with Crippen LogP contribution in [0.5, 0.6) is 0 Å². The highest BCUT2D eigenvalue weighted by Gasteiger charge is 2.16. The van der Waals surface area contributed by atoms with Gasteiger partial charge in [-0.3, -0.25) is 9.59 Å². The van der Waals surface area contributed by atoms with Crippen molar-refractivity contribution in [2.24, 2.45) is 0 Å². The van der Waals surface area contributed by atoms with Crippen molar-refractivity contribution in [3.63, 3.8) is 0 Å². The van der Waals surface area contributed by atoms with Crippen LogP contribution in [0.1, 0.15) is 25.3 Å². The second kappa shape index (κ2) is 7.48. The van der Waals surface area contributed by atoms with Crippen LogP contribution in [-0.4, -0.2) is 30.4 Å². The second-order valence-corrected chi connectivity index (χ2v) is 4.06. The van der Waals surface area contributed by atoms with Gasteiger partial charge in [-0.15, -0.1) is 0 Å². The summed E-state index contributed by atoms with van der Waals surface area (Å²) in [5.41, 5.74) is 1.01. The summed E-state index contributed by atoms with van der Waals surface area (Å²) in [5.74, 6) is -0.415. The molecule has 0 aromatic heterocycles. The van der Waals surface area contributed by atoms with Crippen molar-refractivity contribution in [1.29, 1.82) is 0 Å². The summed E-state index contributed by atoms with van der Waals surface area (Å²) < 4.78 is 4.61. The maximum atomic E-state index is 11.9. The van der Waals surface area contributed by atoms with Gasteiger partial charge in [0.1, 0.15) is 6.54 Å². The number of hydrogen-bond acceptors (Lipinski definition) is 3. The molecule has 18 heavy (non-hydrogen) atoms. The first-order valence-electron chi connectivity index (χ1n) is 6.06. The Hall–Kier alpha value is -1.84. The number of amides is 1.